The number of halogens is 8. The second kappa shape index (κ2) is 12.7. The molecule has 45 heavy (non-hydrogen) atoms. The number of nitrogens with one attached hydrogen (secondary N) is 1. The number of carbonyl (C=O) groups is 2. The van der Waals surface area contributed by atoms with Crippen molar-refractivity contribution in [2.75, 3.05) is 24.7 Å². The number of aromatic nitrogens is 1. The normalized spacial score (nSPS) is 16.1. The lowest BCUT2D eigenvalue weighted by atomic mass is 9.95. The summed E-state index contributed by atoms with van der Waals surface area (Å²) in [5, 5.41) is 12.5. The summed E-state index contributed by atoms with van der Waals surface area (Å²) in [4.78, 5) is 30.2. The molecule has 3 aromatic carbocycles. The minimum absolute atomic E-state index is 0.0196. The summed E-state index contributed by atoms with van der Waals surface area (Å²) >= 11 is 12.5. The standard InChI is InChI=1S/C30H21Cl2F6N3O4/c31-19-9-15(33)10-20(32)25(19)17-4-3-14(27-18(17)2-1-5-39-27)8-23(29(43)44)40-28(42)26-21(34)11-16(12-22(26)35)41-6-7-45-13-24(41)30(36,37)38/h1-5,9-12,23-24H,6-8,13H2,(H,40,42)(H,43,44)/t23-,24+/m0/s1. The summed E-state index contributed by atoms with van der Waals surface area (Å²) in [7, 11) is 0. The molecular formula is C30H21Cl2F6N3O4. The molecule has 236 valence electrons. The predicted octanol–water partition coefficient (Wildman–Crippen LogP) is 6.82. The van der Waals surface area contributed by atoms with Gasteiger partial charge in [-0.15, -0.1) is 0 Å². The minimum Gasteiger partial charge on any atom is -0.480 e. The summed E-state index contributed by atoms with van der Waals surface area (Å²) < 4.78 is 89.3. The van der Waals surface area contributed by atoms with E-state index in [4.69, 9.17) is 27.9 Å². The summed E-state index contributed by atoms with van der Waals surface area (Å²) in [5.74, 6) is -6.59. The largest absolute Gasteiger partial charge is 0.480 e. The maximum absolute atomic E-state index is 15.1. The van der Waals surface area contributed by atoms with Crippen LogP contribution in [0.1, 0.15) is 15.9 Å². The summed E-state index contributed by atoms with van der Waals surface area (Å²) in [6.45, 7) is -1.17. The van der Waals surface area contributed by atoms with E-state index >= 15 is 8.78 Å². The van der Waals surface area contributed by atoms with Gasteiger partial charge in [0.2, 0.25) is 0 Å². The van der Waals surface area contributed by atoms with E-state index in [2.05, 4.69) is 10.3 Å². The van der Waals surface area contributed by atoms with Crippen molar-refractivity contribution in [1.29, 1.82) is 0 Å². The number of ether oxygens (including phenoxy) is 1. The Morgan fingerprint density at radius 2 is 1.73 bits per heavy atom. The van der Waals surface area contributed by atoms with E-state index in [1.54, 1.807) is 18.2 Å². The van der Waals surface area contributed by atoms with E-state index in [1.165, 1.54) is 12.3 Å². The number of benzene rings is 3. The maximum atomic E-state index is 15.1. The van der Waals surface area contributed by atoms with Crippen LogP contribution in [-0.4, -0.2) is 60.0 Å². The van der Waals surface area contributed by atoms with E-state index in [9.17, 15) is 32.3 Å². The van der Waals surface area contributed by atoms with Crippen LogP contribution in [0.3, 0.4) is 0 Å². The van der Waals surface area contributed by atoms with Crippen LogP contribution in [0.15, 0.2) is 54.7 Å². The molecule has 1 aliphatic rings. The van der Waals surface area contributed by atoms with Gasteiger partial charge < -0.3 is 20.1 Å². The van der Waals surface area contributed by atoms with Crippen molar-refractivity contribution < 1.29 is 45.8 Å². The maximum Gasteiger partial charge on any atom is 0.411 e. The van der Waals surface area contributed by atoms with Gasteiger partial charge in [-0.3, -0.25) is 9.78 Å². The fraction of sp³-hybridized carbons (Fsp3) is 0.233. The lowest BCUT2D eigenvalue weighted by Gasteiger charge is -2.38. The van der Waals surface area contributed by atoms with Crippen molar-refractivity contribution in [2.45, 2.75) is 24.7 Å². The number of hydrogen-bond acceptors (Lipinski definition) is 5. The number of rotatable bonds is 7. The first-order chi connectivity index (χ1) is 21.3. The molecular weight excluding hydrogens is 651 g/mol. The average molecular weight is 672 g/mol. The summed E-state index contributed by atoms with van der Waals surface area (Å²) in [6.07, 6.45) is -3.71. The third-order valence-electron chi connectivity index (χ3n) is 7.25. The Balaban J connectivity index is 1.43. The van der Waals surface area contributed by atoms with Gasteiger partial charge in [0.05, 0.1) is 28.8 Å². The van der Waals surface area contributed by atoms with Crippen molar-refractivity contribution in [1.82, 2.24) is 10.3 Å². The van der Waals surface area contributed by atoms with Crippen LogP contribution in [0.2, 0.25) is 10.0 Å². The first-order valence-electron chi connectivity index (χ1n) is 13.2. The third kappa shape index (κ3) is 6.65. The van der Waals surface area contributed by atoms with Crippen molar-refractivity contribution in [3.8, 4) is 11.1 Å². The Labute approximate surface area is 261 Å². The van der Waals surface area contributed by atoms with Crippen LogP contribution < -0.4 is 10.2 Å². The number of hydrogen-bond donors (Lipinski definition) is 2. The molecule has 7 nitrogen and oxygen atoms in total. The van der Waals surface area contributed by atoms with Crippen molar-refractivity contribution in [2.24, 2.45) is 0 Å². The van der Waals surface area contributed by atoms with Gasteiger partial charge in [0, 0.05) is 35.8 Å². The molecule has 1 amide bonds. The number of morpholine rings is 1. The van der Waals surface area contributed by atoms with Gasteiger partial charge in [0.1, 0.15) is 35.1 Å². The average Bonchev–Trinajstić information content (AvgIpc) is 2.96. The number of fused-ring (bicyclic) bond motifs is 1. The molecule has 15 heteroatoms. The molecule has 0 spiro atoms. The zero-order valence-electron chi connectivity index (χ0n) is 22.8. The zero-order chi connectivity index (χ0) is 32.6. The number of nitrogens with zero attached hydrogens (tertiary/aromatic N) is 2. The van der Waals surface area contributed by atoms with Gasteiger partial charge in [-0.05, 0) is 41.5 Å². The Morgan fingerprint density at radius 3 is 2.36 bits per heavy atom. The number of pyridine rings is 1. The van der Waals surface area contributed by atoms with Gasteiger partial charge in [0.25, 0.3) is 5.91 Å². The second-order valence-corrected chi connectivity index (χ2v) is 10.9. The Hall–Kier alpha value is -4.07. The van der Waals surface area contributed by atoms with E-state index < -0.39 is 65.4 Å². The van der Waals surface area contributed by atoms with Crippen LogP contribution >= 0.6 is 23.2 Å². The molecule has 5 rings (SSSR count). The summed E-state index contributed by atoms with van der Waals surface area (Å²) in [6, 6.07) is 5.76. The highest BCUT2D eigenvalue weighted by Gasteiger charge is 2.46. The molecule has 0 saturated carbocycles. The van der Waals surface area contributed by atoms with Gasteiger partial charge in [-0.1, -0.05) is 41.4 Å². The lowest BCUT2D eigenvalue weighted by molar-refractivity contribution is -0.167. The molecule has 1 aromatic heterocycles. The van der Waals surface area contributed by atoms with E-state index in [0.29, 0.717) is 39.7 Å². The number of aliphatic carboxylic acids is 1. The van der Waals surface area contributed by atoms with Crippen LogP contribution in [0.5, 0.6) is 0 Å². The highest BCUT2D eigenvalue weighted by atomic mass is 35.5. The Morgan fingerprint density at radius 1 is 1.07 bits per heavy atom. The van der Waals surface area contributed by atoms with Crippen molar-refractivity contribution in [3.05, 3.63) is 93.4 Å². The molecule has 0 aliphatic carbocycles. The van der Waals surface area contributed by atoms with Gasteiger partial charge >= 0.3 is 12.1 Å². The Kier molecular flexibility index (Phi) is 9.15. The molecule has 2 heterocycles. The molecule has 0 unspecified atom stereocenters. The lowest BCUT2D eigenvalue weighted by Crippen LogP contribution is -2.53. The molecule has 2 N–H and O–H groups in total. The SMILES string of the molecule is O=C(N[C@@H](Cc1ccc(-c2c(Cl)cc(F)cc2Cl)c2cccnc12)C(=O)O)c1c(F)cc(N2CCOC[C@@H]2C(F)(F)F)cc1F. The van der Waals surface area contributed by atoms with Crippen LogP contribution in [0, 0.1) is 17.5 Å². The second-order valence-electron chi connectivity index (χ2n) is 10.1. The number of carboxylic acids is 1. The Bertz CT molecular complexity index is 1760. The van der Waals surface area contributed by atoms with Gasteiger partial charge in [-0.25, -0.2) is 18.0 Å². The van der Waals surface area contributed by atoms with E-state index in [-0.39, 0.29) is 29.6 Å². The summed E-state index contributed by atoms with van der Waals surface area (Å²) in [5.41, 5.74) is -0.247. The molecule has 1 saturated heterocycles. The highest BCUT2D eigenvalue weighted by molar-refractivity contribution is 6.39. The number of carbonyl (C=O) groups excluding carboxylic acids is 1. The fourth-order valence-corrected chi connectivity index (χ4v) is 5.85. The molecule has 1 fully saturated rings. The number of amides is 1. The number of alkyl halides is 3. The highest BCUT2D eigenvalue weighted by Crippen LogP contribution is 2.40. The third-order valence-corrected chi connectivity index (χ3v) is 7.84. The molecule has 1 aliphatic heterocycles. The van der Waals surface area contributed by atoms with Crippen LogP contribution in [0.4, 0.5) is 32.0 Å². The topological polar surface area (TPSA) is 91.8 Å². The first-order valence-corrected chi connectivity index (χ1v) is 14.0. The zero-order valence-corrected chi connectivity index (χ0v) is 24.3. The van der Waals surface area contributed by atoms with Crippen molar-refractivity contribution >= 4 is 51.7 Å². The van der Waals surface area contributed by atoms with Gasteiger partial charge in [0.15, 0.2) is 0 Å². The molecule has 0 radical (unpaired) electrons. The number of carboxylic acid groups (broad SMARTS) is 1. The van der Waals surface area contributed by atoms with Crippen LogP contribution in [-0.2, 0) is 16.0 Å². The quantitative estimate of drug-likeness (QED) is 0.210. The predicted molar refractivity (Wildman–Crippen MR) is 154 cm³/mol. The first kappa shape index (κ1) is 32.3. The molecule has 2 atom stereocenters. The monoisotopic (exact) mass is 671 g/mol. The van der Waals surface area contributed by atoms with E-state index in [0.717, 1.165) is 17.0 Å². The molecule has 4 aromatic rings. The smallest absolute Gasteiger partial charge is 0.411 e. The van der Waals surface area contributed by atoms with Gasteiger partial charge in [-0.2, -0.15) is 13.2 Å². The van der Waals surface area contributed by atoms with Crippen LogP contribution in [0.25, 0.3) is 22.0 Å². The van der Waals surface area contributed by atoms with E-state index in [1.807, 2.05) is 0 Å². The number of anilines is 1. The fourth-order valence-electron chi connectivity index (χ4n) is 5.19. The molecule has 0 bridgehead atoms. The minimum atomic E-state index is -4.76. The van der Waals surface area contributed by atoms with Crippen molar-refractivity contribution in [3.63, 3.8) is 0 Å².